The van der Waals surface area contributed by atoms with Gasteiger partial charge in [-0.25, -0.2) is 4.98 Å². The minimum atomic E-state index is 0.0742. The Morgan fingerprint density at radius 1 is 1.16 bits per heavy atom. The van der Waals surface area contributed by atoms with Crippen molar-refractivity contribution in [3.8, 4) is 0 Å². The molecule has 0 amide bonds. The van der Waals surface area contributed by atoms with E-state index in [0.29, 0.717) is 11.8 Å². The van der Waals surface area contributed by atoms with Crippen LogP contribution in [0.5, 0.6) is 0 Å². The van der Waals surface area contributed by atoms with Crippen molar-refractivity contribution in [3.63, 3.8) is 0 Å². The van der Waals surface area contributed by atoms with E-state index in [-0.39, 0.29) is 5.56 Å². The molecule has 2 aliphatic carbocycles. The molecule has 0 aliphatic heterocycles. The standard InChI is InChI=1S/C15H21IN2O/c1-2-9-3-5-11(6-4-9)14-17-13(10-7-8-10)12(16)15(19)18-14/h9-11H,2-8H2,1H3,(H,17,18,19). The number of hydrogen-bond acceptors (Lipinski definition) is 2. The van der Waals surface area contributed by atoms with E-state index in [2.05, 4.69) is 34.5 Å². The van der Waals surface area contributed by atoms with Gasteiger partial charge in [0.05, 0.1) is 9.26 Å². The molecule has 0 unspecified atom stereocenters. The lowest BCUT2D eigenvalue weighted by Gasteiger charge is -2.27. The van der Waals surface area contributed by atoms with Gasteiger partial charge < -0.3 is 4.98 Å². The van der Waals surface area contributed by atoms with E-state index >= 15 is 0 Å². The van der Waals surface area contributed by atoms with E-state index in [0.717, 1.165) is 21.0 Å². The largest absolute Gasteiger partial charge is 0.309 e. The molecule has 4 heteroatoms. The Kier molecular flexibility index (Phi) is 3.96. The minimum absolute atomic E-state index is 0.0742. The molecule has 104 valence electrons. The number of halogens is 1. The summed E-state index contributed by atoms with van der Waals surface area (Å²) in [4.78, 5) is 19.9. The number of aromatic amines is 1. The van der Waals surface area contributed by atoms with Crippen LogP contribution < -0.4 is 5.56 Å². The highest BCUT2D eigenvalue weighted by atomic mass is 127. The summed E-state index contributed by atoms with van der Waals surface area (Å²) in [6.45, 7) is 2.28. The predicted molar refractivity (Wildman–Crippen MR) is 84.5 cm³/mol. The van der Waals surface area contributed by atoms with Crippen LogP contribution in [-0.4, -0.2) is 9.97 Å². The van der Waals surface area contributed by atoms with E-state index < -0.39 is 0 Å². The summed E-state index contributed by atoms with van der Waals surface area (Å²) >= 11 is 2.15. The summed E-state index contributed by atoms with van der Waals surface area (Å²) in [5, 5.41) is 0. The Morgan fingerprint density at radius 3 is 2.37 bits per heavy atom. The fourth-order valence-electron chi connectivity index (χ4n) is 3.16. The Labute approximate surface area is 127 Å². The maximum atomic E-state index is 12.1. The SMILES string of the molecule is CCC1CCC(c2nc(C3CC3)c(I)c(=O)[nH]2)CC1. The topological polar surface area (TPSA) is 45.8 Å². The summed E-state index contributed by atoms with van der Waals surface area (Å²) in [7, 11) is 0. The first-order chi connectivity index (χ1) is 9.19. The van der Waals surface area contributed by atoms with E-state index in [1.54, 1.807) is 0 Å². The molecule has 0 saturated heterocycles. The molecule has 1 N–H and O–H groups in total. The number of nitrogens with one attached hydrogen (secondary N) is 1. The molecule has 0 spiro atoms. The molecule has 2 aliphatic rings. The molecule has 1 heterocycles. The van der Waals surface area contributed by atoms with Gasteiger partial charge in [-0.1, -0.05) is 13.3 Å². The lowest BCUT2D eigenvalue weighted by atomic mass is 9.80. The lowest BCUT2D eigenvalue weighted by molar-refractivity contribution is 0.311. The smallest absolute Gasteiger partial charge is 0.264 e. The zero-order chi connectivity index (χ0) is 13.4. The van der Waals surface area contributed by atoms with Gasteiger partial charge >= 0.3 is 0 Å². The minimum Gasteiger partial charge on any atom is -0.309 e. The molecule has 3 nitrogen and oxygen atoms in total. The van der Waals surface area contributed by atoms with Gasteiger partial charge in [0.1, 0.15) is 5.82 Å². The van der Waals surface area contributed by atoms with Crippen LogP contribution in [-0.2, 0) is 0 Å². The summed E-state index contributed by atoms with van der Waals surface area (Å²) in [5.74, 6) is 2.88. The zero-order valence-electron chi connectivity index (χ0n) is 11.4. The van der Waals surface area contributed by atoms with E-state index in [1.165, 1.54) is 44.9 Å². The molecule has 2 saturated carbocycles. The van der Waals surface area contributed by atoms with Gasteiger partial charge in [-0.15, -0.1) is 0 Å². The Bertz CT molecular complexity index is 513. The normalized spacial score (nSPS) is 27.5. The number of nitrogens with zero attached hydrogens (tertiary/aromatic N) is 1. The van der Waals surface area contributed by atoms with Crippen LogP contribution >= 0.6 is 22.6 Å². The van der Waals surface area contributed by atoms with Crippen LogP contribution in [0.2, 0.25) is 0 Å². The van der Waals surface area contributed by atoms with Crippen LogP contribution in [0.3, 0.4) is 0 Å². The van der Waals surface area contributed by atoms with Crippen LogP contribution in [0.4, 0.5) is 0 Å². The van der Waals surface area contributed by atoms with Crippen LogP contribution in [0.25, 0.3) is 0 Å². The molecule has 0 radical (unpaired) electrons. The van der Waals surface area contributed by atoms with E-state index in [1.807, 2.05) is 0 Å². The van der Waals surface area contributed by atoms with Crippen molar-refractivity contribution in [1.29, 1.82) is 0 Å². The van der Waals surface area contributed by atoms with Crippen molar-refractivity contribution in [2.75, 3.05) is 0 Å². The van der Waals surface area contributed by atoms with Crippen molar-refractivity contribution < 1.29 is 0 Å². The molecule has 0 atom stereocenters. The summed E-state index contributed by atoms with van der Waals surface area (Å²) in [6.07, 6.45) is 8.64. The molecule has 0 bridgehead atoms. The van der Waals surface area contributed by atoms with Gasteiger partial charge in [0.2, 0.25) is 0 Å². The van der Waals surface area contributed by atoms with Gasteiger partial charge in [-0.2, -0.15) is 0 Å². The first-order valence-corrected chi connectivity index (χ1v) is 8.56. The Hall–Kier alpha value is -0.390. The monoisotopic (exact) mass is 372 g/mol. The molecular formula is C15H21IN2O. The first kappa shape index (κ1) is 13.6. The molecule has 1 aromatic heterocycles. The van der Waals surface area contributed by atoms with Crippen molar-refractivity contribution in [3.05, 3.63) is 25.4 Å². The summed E-state index contributed by atoms with van der Waals surface area (Å²) in [5.41, 5.74) is 1.14. The molecular weight excluding hydrogens is 351 g/mol. The van der Waals surface area contributed by atoms with Crippen LogP contribution in [0, 0.1) is 9.49 Å². The molecule has 0 aromatic carbocycles. The van der Waals surface area contributed by atoms with Crippen molar-refractivity contribution in [2.24, 2.45) is 5.92 Å². The highest BCUT2D eigenvalue weighted by Crippen LogP contribution is 2.41. The van der Waals surface area contributed by atoms with Crippen molar-refractivity contribution in [1.82, 2.24) is 9.97 Å². The van der Waals surface area contributed by atoms with Crippen molar-refractivity contribution >= 4 is 22.6 Å². The highest BCUT2D eigenvalue weighted by molar-refractivity contribution is 14.1. The van der Waals surface area contributed by atoms with Crippen LogP contribution in [0.15, 0.2) is 4.79 Å². The predicted octanol–water partition coefficient (Wildman–Crippen LogP) is 3.94. The average molecular weight is 372 g/mol. The summed E-state index contributed by atoms with van der Waals surface area (Å²) in [6, 6.07) is 0. The van der Waals surface area contributed by atoms with Crippen LogP contribution in [0.1, 0.15) is 75.2 Å². The highest BCUT2D eigenvalue weighted by Gasteiger charge is 2.30. The number of hydrogen-bond donors (Lipinski definition) is 1. The van der Waals surface area contributed by atoms with Gasteiger partial charge in [0, 0.05) is 11.8 Å². The van der Waals surface area contributed by atoms with E-state index in [9.17, 15) is 4.79 Å². The second kappa shape index (κ2) is 5.54. The van der Waals surface area contributed by atoms with Crippen molar-refractivity contribution in [2.45, 2.75) is 63.7 Å². The third-order valence-electron chi connectivity index (χ3n) is 4.68. The lowest BCUT2D eigenvalue weighted by Crippen LogP contribution is -2.22. The quantitative estimate of drug-likeness (QED) is 0.818. The average Bonchev–Trinajstić information content (AvgIpc) is 3.26. The zero-order valence-corrected chi connectivity index (χ0v) is 13.6. The second-order valence-corrected chi connectivity index (χ2v) is 7.13. The maximum Gasteiger partial charge on any atom is 0.264 e. The third-order valence-corrected chi connectivity index (χ3v) is 5.72. The molecule has 19 heavy (non-hydrogen) atoms. The number of aromatic nitrogens is 2. The first-order valence-electron chi connectivity index (χ1n) is 7.48. The Balaban J connectivity index is 1.83. The fraction of sp³-hybridized carbons (Fsp3) is 0.733. The van der Waals surface area contributed by atoms with Gasteiger partial charge in [-0.05, 0) is 67.0 Å². The van der Waals surface area contributed by atoms with Gasteiger partial charge in [-0.3, -0.25) is 4.79 Å². The van der Waals surface area contributed by atoms with Gasteiger partial charge in [0.25, 0.3) is 5.56 Å². The molecule has 1 aromatic rings. The van der Waals surface area contributed by atoms with E-state index in [4.69, 9.17) is 4.98 Å². The molecule has 3 rings (SSSR count). The number of H-pyrrole nitrogens is 1. The second-order valence-electron chi connectivity index (χ2n) is 6.05. The Morgan fingerprint density at radius 2 is 1.79 bits per heavy atom. The molecule has 2 fully saturated rings. The third kappa shape index (κ3) is 2.88. The number of rotatable bonds is 3. The summed E-state index contributed by atoms with van der Waals surface area (Å²) < 4.78 is 0.811. The fourth-order valence-corrected chi connectivity index (χ4v) is 3.85. The maximum absolute atomic E-state index is 12.1. The van der Waals surface area contributed by atoms with Gasteiger partial charge in [0.15, 0.2) is 0 Å².